The molecule has 1 aliphatic heterocycles. The Morgan fingerprint density at radius 3 is 2.44 bits per heavy atom. The van der Waals surface area contributed by atoms with Gasteiger partial charge in [-0.05, 0) is 25.6 Å². The highest BCUT2D eigenvalue weighted by atomic mass is 15.2. The molecule has 0 aromatic heterocycles. The first-order chi connectivity index (χ1) is 8.84. The zero-order valence-corrected chi connectivity index (χ0v) is 11.4. The lowest BCUT2D eigenvalue weighted by Crippen LogP contribution is -2.46. The molecule has 1 aliphatic rings. The second kappa shape index (κ2) is 7.52. The first kappa shape index (κ1) is 13.5. The number of nitrogens with zero attached hydrogens (tertiary/aromatic N) is 2. The average molecular weight is 247 g/mol. The topological polar surface area (TPSA) is 18.5 Å². The molecule has 1 heterocycles. The van der Waals surface area contributed by atoms with E-state index in [1.165, 1.54) is 38.3 Å². The Morgan fingerprint density at radius 2 is 1.72 bits per heavy atom. The molecule has 0 radical (unpaired) electrons. The van der Waals surface area contributed by atoms with Crippen molar-refractivity contribution >= 4 is 0 Å². The summed E-state index contributed by atoms with van der Waals surface area (Å²) in [6.45, 7) is 8.23. The van der Waals surface area contributed by atoms with Gasteiger partial charge in [0.15, 0.2) is 0 Å². The van der Waals surface area contributed by atoms with Gasteiger partial charge in [-0.1, -0.05) is 30.3 Å². The van der Waals surface area contributed by atoms with E-state index in [1.54, 1.807) is 0 Å². The molecule has 0 aliphatic carbocycles. The minimum absolute atomic E-state index is 1.08. The van der Waals surface area contributed by atoms with E-state index in [1.807, 2.05) is 0 Å². The molecule has 0 saturated carbocycles. The van der Waals surface area contributed by atoms with Crippen LogP contribution in [0, 0.1) is 0 Å². The number of hydrogen-bond acceptors (Lipinski definition) is 3. The molecule has 100 valence electrons. The van der Waals surface area contributed by atoms with Crippen LogP contribution in [0.5, 0.6) is 0 Å². The Morgan fingerprint density at radius 1 is 1.00 bits per heavy atom. The predicted molar refractivity (Wildman–Crippen MR) is 77.0 cm³/mol. The van der Waals surface area contributed by atoms with E-state index in [2.05, 4.69) is 52.5 Å². The van der Waals surface area contributed by atoms with Gasteiger partial charge in [0.25, 0.3) is 0 Å². The second-order valence-electron chi connectivity index (χ2n) is 5.13. The summed E-state index contributed by atoms with van der Waals surface area (Å²) in [5.41, 5.74) is 1.42. The van der Waals surface area contributed by atoms with E-state index in [4.69, 9.17) is 0 Å². The molecular formula is C15H25N3. The quantitative estimate of drug-likeness (QED) is 0.759. The first-order valence-corrected chi connectivity index (χ1v) is 7.00. The standard InChI is InChI=1S/C15H25N3/c1-17-11-13-18(14-12-17)10-9-16-8-7-15-5-3-2-4-6-15/h2-6,16H,7-14H2,1H3. The summed E-state index contributed by atoms with van der Waals surface area (Å²) in [5.74, 6) is 0. The van der Waals surface area contributed by atoms with Crippen molar-refractivity contribution in [2.24, 2.45) is 0 Å². The van der Waals surface area contributed by atoms with Crippen LogP contribution in [0.1, 0.15) is 5.56 Å². The second-order valence-corrected chi connectivity index (χ2v) is 5.13. The highest BCUT2D eigenvalue weighted by Crippen LogP contribution is 1.99. The van der Waals surface area contributed by atoms with Gasteiger partial charge in [0.2, 0.25) is 0 Å². The number of rotatable bonds is 6. The van der Waals surface area contributed by atoms with Crippen molar-refractivity contribution in [2.75, 3.05) is 52.9 Å². The van der Waals surface area contributed by atoms with Crippen LogP contribution < -0.4 is 5.32 Å². The van der Waals surface area contributed by atoms with Crippen molar-refractivity contribution in [3.8, 4) is 0 Å². The maximum atomic E-state index is 3.54. The van der Waals surface area contributed by atoms with Crippen LogP contribution in [0.2, 0.25) is 0 Å². The maximum Gasteiger partial charge on any atom is 0.0110 e. The third kappa shape index (κ3) is 4.77. The van der Waals surface area contributed by atoms with Crippen LogP contribution in [0.15, 0.2) is 30.3 Å². The number of nitrogens with one attached hydrogen (secondary N) is 1. The molecule has 1 aromatic rings. The van der Waals surface area contributed by atoms with Crippen LogP contribution in [0.3, 0.4) is 0 Å². The molecule has 3 nitrogen and oxygen atoms in total. The molecule has 18 heavy (non-hydrogen) atoms. The molecule has 0 unspecified atom stereocenters. The average Bonchev–Trinajstić information content (AvgIpc) is 2.42. The molecule has 1 fully saturated rings. The lowest BCUT2D eigenvalue weighted by Gasteiger charge is -2.32. The maximum absolute atomic E-state index is 3.54. The van der Waals surface area contributed by atoms with E-state index >= 15 is 0 Å². The van der Waals surface area contributed by atoms with Gasteiger partial charge in [-0.2, -0.15) is 0 Å². The Balaban J connectivity index is 1.51. The third-order valence-corrected chi connectivity index (χ3v) is 3.63. The van der Waals surface area contributed by atoms with Gasteiger partial charge in [-0.3, -0.25) is 4.90 Å². The fraction of sp³-hybridized carbons (Fsp3) is 0.600. The van der Waals surface area contributed by atoms with E-state index < -0.39 is 0 Å². The van der Waals surface area contributed by atoms with Crippen molar-refractivity contribution in [3.05, 3.63) is 35.9 Å². The van der Waals surface area contributed by atoms with Gasteiger partial charge in [0.05, 0.1) is 0 Å². The summed E-state index contributed by atoms with van der Waals surface area (Å²) in [6.07, 6.45) is 1.13. The van der Waals surface area contributed by atoms with Gasteiger partial charge in [0, 0.05) is 39.3 Å². The predicted octanol–water partition coefficient (Wildman–Crippen LogP) is 1.07. The van der Waals surface area contributed by atoms with Gasteiger partial charge in [-0.15, -0.1) is 0 Å². The van der Waals surface area contributed by atoms with Crippen LogP contribution in [0.25, 0.3) is 0 Å². The van der Waals surface area contributed by atoms with Crippen molar-refractivity contribution in [3.63, 3.8) is 0 Å². The van der Waals surface area contributed by atoms with E-state index in [-0.39, 0.29) is 0 Å². The van der Waals surface area contributed by atoms with E-state index in [0.717, 1.165) is 19.5 Å². The monoisotopic (exact) mass is 247 g/mol. The zero-order chi connectivity index (χ0) is 12.6. The zero-order valence-electron chi connectivity index (χ0n) is 11.4. The lowest BCUT2D eigenvalue weighted by molar-refractivity contribution is 0.155. The number of likely N-dealkylation sites (N-methyl/N-ethyl adjacent to an activating group) is 1. The summed E-state index contributed by atoms with van der Waals surface area (Å²) in [7, 11) is 2.20. The normalized spacial score (nSPS) is 18.1. The van der Waals surface area contributed by atoms with Gasteiger partial charge in [-0.25, -0.2) is 0 Å². The Bertz CT molecular complexity index is 318. The van der Waals surface area contributed by atoms with Gasteiger partial charge >= 0.3 is 0 Å². The Kier molecular flexibility index (Phi) is 5.65. The molecule has 3 heteroatoms. The van der Waals surface area contributed by atoms with Crippen LogP contribution >= 0.6 is 0 Å². The first-order valence-electron chi connectivity index (χ1n) is 7.00. The number of benzene rings is 1. The molecule has 2 rings (SSSR count). The fourth-order valence-electron chi connectivity index (χ4n) is 2.31. The SMILES string of the molecule is CN1CCN(CCNCCc2ccccc2)CC1. The number of hydrogen-bond donors (Lipinski definition) is 1. The molecule has 1 N–H and O–H groups in total. The van der Waals surface area contributed by atoms with Crippen LogP contribution in [-0.2, 0) is 6.42 Å². The molecular weight excluding hydrogens is 222 g/mol. The van der Waals surface area contributed by atoms with Crippen molar-refractivity contribution < 1.29 is 0 Å². The van der Waals surface area contributed by atoms with Crippen molar-refractivity contribution in [1.82, 2.24) is 15.1 Å². The highest BCUT2D eigenvalue weighted by Gasteiger charge is 2.12. The van der Waals surface area contributed by atoms with Gasteiger partial charge < -0.3 is 10.2 Å². The molecule has 0 atom stereocenters. The molecule has 0 bridgehead atoms. The largest absolute Gasteiger partial charge is 0.315 e. The molecule has 0 spiro atoms. The van der Waals surface area contributed by atoms with E-state index in [0.29, 0.717) is 0 Å². The minimum atomic E-state index is 1.08. The van der Waals surface area contributed by atoms with Gasteiger partial charge in [0.1, 0.15) is 0 Å². The van der Waals surface area contributed by atoms with Crippen molar-refractivity contribution in [1.29, 1.82) is 0 Å². The van der Waals surface area contributed by atoms with E-state index in [9.17, 15) is 0 Å². The summed E-state index contributed by atoms with van der Waals surface area (Å²) >= 11 is 0. The fourth-order valence-corrected chi connectivity index (χ4v) is 2.31. The third-order valence-electron chi connectivity index (χ3n) is 3.63. The number of piperazine rings is 1. The Hall–Kier alpha value is -0.900. The summed E-state index contributed by atoms with van der Waals surface area (Å²) in [6, 6.07) is 10.7. The summed E-state index contributed by atoms with van der Waals surface area (Å²) in [5, 5.41) is 3.54. The molecule has 0 amide bonds. The minimum Gasteiger partial charge on any atom is -0.315 e. The van der Waals surface area contributed by atoms with Crippen molar-refractivity contribution in [2.45, 2.75) is 6.42 Å². The smallest absolute Gasteiger partial charge is 0.0110 e. The summed E-state index contributed by atoms with van der Waals surface area (Å²) < 4.78 is 0. The lowest BCUT2D eigenvalue weighted by atomic mass is 10.1. The molecule has 1 saturated heterocycles. The summed E-state index contributed by atoms with van der Waals surface area (Å²) in [4.78, 5) is 4.95. The van der Waals surface area contributed by atoms with Crippen LogP contribution in [0.4, 0.5) is 0 Å². The van der Waals surface area contributed by atoms with Crippen LogP contribution in [-0.4, -0.2) is 62.7 Å². The Labute approximate surface area is 111 Å². The molecule has 1 aromatic carbocycles. The highest BCUT2D eigenvalue weighted by molar-refractivity contribution is 5.14.